The first-order valence-corrected chi connectivity index (χ1v) is 12.7. The minimum absolute atomic E-state index is 0.205. The van der Waals surface area contributed by atoms with E-state index in [1.165, 1.54) is 5.56 Å². The highest BCUT2D eigenvalue weighted by molar-refractivity contribution is 5.70. The summed E-state index contributed by atoms with van der Waals surface area (Å²) in [6.07, 6.45) is 5.86. The van der Waals surface area contributed by atoms with Gasteiger partial charge in [-0.05, 0) is 74.8 Å². The molecule has 3 heterocycles. The molecule has 1 saturated heterocycles. The van der Waals surface area contributed by atoms with Crippen LogP contribution in [0.3, 0.4) is 0 Å². The summed E-state index contributed by atoms with van der Waals surface area (Å²) < 4.78 is 7.53. The summed E-state index contributed by atoms with van der Waals surface area (Å²) in [5.41, 5.74) is 4.65. The fourth-order valence-electron chi connectivity index (χ4n) is 4.64. The zero-order valence-corrected chi connectivity index (χ0v) is 21.2. The number of carboxylic acids is 1. The fraction of sp³-hybridized carbons (Fsp3) is 0.300. The SMILES string of the molecule is C[C@H](O)c1nccn1Cc1coc(-c2ccc(C#Cc3ccc(CN4CCC(C(=O)O)CC4)cc3)cc2)n1. The molecule has 2 N–H and O–H groups in total. The Kier molecular flexibility index (Phi) is 7.68. The van der Waals surface area contributed by atoms with E-state index in [1.807, 2.05) is 47.2 Å². The first kappa shape index (κ1) is 25.5. The molecule has 2 aromatic heterocycles. The second kappa shape index (κ2) is 11.5. The molecule has 2 aromatic carbocycles. The lowest BCUT2D eigenvalue weighted by atomic mass is 9.97. The van der Waals surface area contributed by atoms with E-state index in [0.717, 1.165) is 42.0 Å². The monoisotopic (exact) mass is 510 g/mol. The van der Waals surface area contributed by atoms with E-state index < -0.39 is 12.1 Å². The number of likely N-dealkylation sites (tertiary alicyclic amines) is 1. The zero-order chi connectivity index (χ0) is 26.5. The van der Waals surface area contributed by atoms with Gasteiger partial charge in [0.25, 0.3) is 0 Å². The predicted octanol–water partition coefficient (Wildman–Crippen LogP) is 4.34. The highest BCUT2D eigenvalue weighted by Crippen LogP contribution is 2.21. The van der Waals surface area contributed by atoms with E-state index in [-0.39, 0.29) is 5.92 Å². The molecule has 1 fully saturated rings. The van der Waals surface area contributed by atoms with Crippen LogP contribution in [-0.2, 0) is 17.9 Å². The molecule has 38 heavy (non-hydrogen) atoms. The van der Waals surface area contributed by atoms with Crippen LogP contribution in [0.25, 0.3) is 11.5 Å². The Balaban J connectivity index is 1.17. The van der Waals surface area contributed by atoms with Gasteiger partial charge in [-0.3, -0.25) is 9.69 Å². The molecule has 0 amide bonds. The summed E-state index contributed by atoms with van der Waals surface area (Å²) in [5.74, 6) is 6.66. The number of carboxylic acid groups (broad SMARTS) is 1. The summed E-state index contributed by atoms with van der Waals surface area (Å²) in [4.78, 5) is 22.2. The maximum Gasteiger partial charge on any atom is 0.306 e. The van der Waals surface area contributed by atoms with Crippen molar-refractivity contribution in [2.75, 3.05) is 13.1 Å². The molecule has 0 unspecified atom stereocenters. The molecular weight excluding hydrogens is 480 g/mol. The number of piperidine rings is 1. The average molecular weight is 511 g/mol. The quantitative estimate of drug-likeness (QED) is 0.357. The van der Waals surface area contributed by atoms with Crippen molar-refractivity contribution in [2.45, 2.75) is 39.0 Å². The predicted molar refractivity (Wildman–Crippen MR) is 142 cm³/mol. The van der Waals surface area contributed by atoms with Gasteiger partial charge in [0, 0.05) is 35.6 Å². The summed E-state index contributed by atoms with van der Waals surface area (Å²) in [6.45, 7) is 4.61. The number of hydrogen-bond acceptors (Lipinski definition) is 6. The second-order valence-corrected chi connectivity index (χ2v) is 9.65. The number of benzene rings is 2. The van der Waals surface area contributed by atoms with Gasteiger partial charge >= 0.3 is 5.97 Å². The van der Waals surface area contributed by atoms with Crippen LogP contribution in [0.2, 0.25) is 0 Å². The van der Waals surface area contributed by atoms with Crippen LogP contribution in [0.5, 0.6) is 0 Å². The van der Waals surface area contributed by atoms with Gasteiger partial charge in [-0.25, -0.2) is 9.97 Å². The number of oxazole rings is 1. The number of aliphatic hydroxyl groups excluding tert-OH is 1. The second-order valence-electron chi connectivity index (χ2n) is 9.65. The van der Waals surface area contributed by atoms with Gasteiger partial charge in [-0.2, -0.15) is 0 Å². The Morgan fingerprint density at radius 3 is 2.34 bits per heavy atom. The number of aliphatic hydroxyl groups is 1. The van der Waals surface area contributed by atoms with Crippen LogP contribution in [0.1, 0.15) is 54.1 Å². The summed E-state index contributed by atoms with van der Waals surface area (Å²) >= 11 is 0. The molecule has 4 aromatic rings. The van der Waals surface area contributed by atoms with E-state index in [0.29, 0.717) is 31.1 Å². The fourth-order valence-corrected chi connectivity index (χ4v) is 4.64. The molecule has 194 valence electrons. The first-order chi connectivity index (χ1) is 18.4. The first-order valence-electron chi connectivity index (χ1n) is 12.7. The molecule has 0 bridgehead atoms. The van der Waals surface area contributed by atoms with Gasteiger partial charge in [0.2, 0.25) is 5.89 Å². The van der Waals surface area contributed by atoms with Crippen LogP contribution in [0.4, 0.5) is 0 Å². The molecule has 5 rings (SSSR count). The minimum Gasteiger partial charge on any atom is -0.481 e. The average Bonchev–Trinajstić information content (AvgIpc) is 3.59. The van der Waals surface area contributed by atoms with Gasteiger partial charge in [-0.15, -0.1) is 0 Å². The third kappa shape index (κ3) is 6.20. The molecular formula is C30H30N4O4. The van der Waals surface area contributed by atoms with Gasteiger partial charge in [0.15, 0.2) is 0 Å². The number of aliphatic carboxylic acids is 1. The van der Waals surface area contributed by atoms with Crippen molar-refractivity contribution in [1.29, 1.82) is 0 Å². The maximum atomic E-state index is 11.1. The Morgan fingerprint density at radius 2 is 1.71 bits per heavy atom. The number of imidazole rings is 1. The third-order valence-electron chi connectivity index (χ3n) is 6.79. The van der Waals surface area contributed by atoms with Gasteiger partial charge in [0.1, 0.15) is 18.2 Å². The zero-order valence-electron chi connectivity index (χ0n) is 21.2. The largest absolute Gasteiger partial charge is 0.481 e. The number of aromatic nitrogens is 3. The van der Waals surface area contributed by atoms with Crippen molar-refractivity contribution in [3.05, 3.63) is 95.4 Å². The minimum atomic E-state index is -0.678. The van der Waals surface area contributed by atoms with E-state index in [2.05, 4.69) is 38.8 Å². The van der Waals surface area contributed by atoms with Crippen molar-refractivity contribution in [3.63, 3.8) is 0 Å². The van der Waals surface area contributed by atoms with Crippen molar-refractivity contribution >= 4 is 5.97 Å². The topological polar surface area (TPSA) is 105 Å². The van der Waals surface area contributed by atoms with Crippen LogP contribution in [-0.4, -0.2) is 48.7 Å². The van der Waals surface area contributed by atoms with Crippen molar-refractivity contribution in [2.24, 2.45) is 5.92 Å². The Hall–Kier alpha value is -4.19. The Morgan fingerprint density at radius 1 is 1.05 bits per heavy atom. The summed E-state index contributed by atoms with van der Waals surface area (Å²) in [5, 5.41) is 19.0. The van der Waals surface area contributed by atoms with Crippen molar-refractivity contribution in [3.8, 4) is 23.3 Å². The molecule has 1 aliphatic rings. The molecule has 0 spiro atoms. The van der Waals surface area contributed by atoms with E-state index in [4.69, 9.17) is 9.52 Å². The Labute approximate surface area is 221 Å². The number of nitrogens with zero attached hydrogens (tertiary/aromatic N) is 4. The molecule has 0 aliphatic carbocycles. The highest BCUT2D eigenvalue weighted by Gasteiger charge is 2.24. The molecule has 1 atom stereocenters. The molecule has 0 radical (unpaired) electrons. The number of hydrogen-bond donors (Lipinski definition) is 2. The van der Waals surface area contributed by atoms with Crippen LogP contribution in [0, 0.1) is 17.8 Å². The lowest BCUT2D eigenvalue weighted by molar-refractivity contribution is -0.143. The summed E-state index contributed by atoms with van der Waals surface area (Å²) in [7, 11) is 0. The third-order valence-corrected chi connectivity index (χ3v) is 6.79. The summed E-state index contributed by atoms with van der Waals surface area (Å²) in [6, 6.07) is 16.0. The normalized spacial score (nSPS) is 15.1. The molecule has 1 aliphatic heterocycles. The van der Waals surface area contributed by atoms with Crippen molar-refractivity contribution in [1.82, 2.24) is 19.4 Å². The highest BCUT2D eigenvalue weighted by atomic mass is 16.4. The van der Waals surface area contributed by atoms with E-state index >= 15 is 0 Å². The lowest BCUT2D eigenvalue weighted by Crippen LogP contribution is -2.35. The van der Waals surface area contributed by atoms with Gasteiger partial charge < -0.3 is 19.2 Å². The van der Waals surface area contributed by atoms with Gasteiger partial charge in [0.05, 0.1) is 18.2 Å². The van der Waals surface area contributed by atoms with E-state index in [1.54, 1.807) is 19.4 Å². The van der Waals surface area contributed by atoms with Crippen LogP contribution >= 0.6 is 0 Å². The smallest absolute Gasteiger partial charge is 0.306 e. The van der Waals surface area contributed by atoms with Crippen molar-refractivity contribution < 1.29 is 19.4 Å². The molecule has 8 heteroatoms. The lowest BCUT2D eigenvalue weighted by Gasteiger charge is -2.29. The van der Waals surface area contributed by atoms with E-state index in [9.17, 15) is 9.90 Å². The standard InChI is InChI=1S/C30H30N4O4/c1-21(35)28-31-14-17-34(28)19-27-20-38-29(32-27)25-10-8-23(9-11-25)3-2-22-4-6-24(7-5-22)18-33-15-12-26(13-16-33)30(36)37/h4-11,14,17,20-21,26,35H,12-13,15-16,18-19H2,1H3,(H,36,37)/t21-/m0/s1. The maximum absolute atomic E-state index is 11.1. The van der Waals surface area contributed by atoms with Crippen LogP contribution in [0.15, 0.2) is 71.6 Å². The number of rotatable bonds is 7. The molecule has 0 saturated carbocycles. The van der Waals surface area contributed by atoms with Crippen LogP contribution < -0.4 is 0 Å². The molecule has 8 nitrogen and oxygen atoms in total. The Bertz CT molecular complexity index is 1430. The van der Waals surface area contributed by atoms with Gasteiger partial charge in [-0.1, -0.05) is 24.0 Å². The number of carbonyl (C=O) groups is 1.